The molecule has 0 aromatic carbocycles. The zero-order valence-electron chi connectivity index (χ0n) is 11.9. The van der Waals surface area contributed by atoms with Gasteiger partial charge in [-0.15, -0.1) is 0 Å². The number of aliphatic hydroxyl groups excluding tert-OH is 1. The van der Waals surface area contributed by atoms with Crippen molar-refractivity contribution < 1.29 is 5.11 Å². The van der Waals surface area contributed by atoms with Gasteiger partial charge in [0.2, 0.25) is 0 Å². The van der Waals surface area contributed by atoms with Crippen LogP contribution in [0.25, 0.3) is 0 Å². The van der Waals surface area contributed by atoms with Gasteiger partial charge in [-0.1, -0.05) is 20.3 Å². The fourth-order valence-electron chi connectivity index (χ4n) is 2.16. The molecule has 0 aliphatic heterocycles. The van der Waals surface area contributed by atoms with E-state index in [4.69, 9.17) is 0 Å². The summed E-state index contributed by atoms with van der Waals surface area (Å²) in [4.78, 5) is 2.26. The Hall–Kier alpha value is -0.120. The Kier molecular flexibility index (Phi) is 6.53. The van der Waals surface area contributed by atoms with Crippen molar-refractivity contribution in [3.8, 4) is 0 Å². The van der Waals surface area contributed by atoms with Crippen LogP contribution >= 0.6 is 0 Å². The van der Waals surface area contributed by atoms with Crippen molar-refractivity contribution >= 4 is 0 Å². The molecular formula is C13H30N2O. The van der Waals surface area contributed by atoms with Crippen LogP contribution in [0.2, 0.25) is 0 Å². The maximum atomic E-state index is 9.36. The van der Waals surface area contributed by atoms with Gasteiger partial charge in [0, 0.05) is 18.6 Å². The van der Waals surface area contributed by atoms with Crippen LogP contribution in [0.4, 0.5) is 0 Å². The predicted octanol–water partition coefficient (Wildman–Crippen LogP) is 1.71. The van der Waals surface area contributed by atoms with Crippen LogP contribution in [0.3, 0.4) is 0 Å². The largest absolute Gasteiger partial charge is 0.394 e. The molecule has 0 aromatic rings. The SMILES string of the molecule is CCCC(C)(CNC)CN(C)C(C)(C)CO. The van der Waals surface area contributed by atoms with E-state index >= 15 is 0 Å². The van der Waals surface area contributed by atoms with Crippen molar-refractivity contribution in [3.05, 3.63) is 0 Å². The van der Waals surface area contributed by atoms with E-state index < -0.39 is 0 Å². The number of likely N-dealkylation sites (N-methyl/N-ethyl adjacent to an activating group) is 1. The Labute approximate surface area is 101 Å². The summed E-state index contributed by atoms with van der Waals surface area (Å²) in [5, 5.41) is 12.6. The topological polar surface area (TPSA) is 35.5 Å². The lowest BCUT2D eigenvalue weighted by atomic mass is 9.83. The van der Waals surface area contributed by atoms with Gasteiger partial charge >= 0.3 is 0 Å². The third-order valence-electron chi connectivity index (χ3n) is 3.50. The fraction of sp³-hybridized carbons (Fsp3) is 1.00. The van der Waals surface area contributed by atoms with Crippen molar-refractivity contribution in [2.75, 3.05) is 33.8 Å². The van der Waals surface area contributed by atoms with Crippen molar-refractivity contribution in [2.45, 2.75) is 46.1 Å². The normalized spacial score (nSPS) is 16.5. The van der Waals surface area contributed by atoms with E-state index in [0.29, 0.717) is 0 Å². The number of aliphatic hydroxyl groups is 1. The molecule has 3 nitrogen and oxygen atoms in total. The quantitative estimate of drug-likeness (QED) is 0.666. The van der Waals surface area contributed by atoms with E-state index in [0.717, 1.165) is 13.1 Å². The molecule has 2 N–H and O–H groups in total. The predicted molar refractivity (Wildman–Crippen MR) is 70.7 cm³/mol. The van der Waals surface area contributed by atoms with E-state index in [9.17, 15) is 5.11 Å². The van der Waals surface area contributed by atoms with Crippen LogP contribution in [0.5, 0.6) is 0 Å². The highest BCUT2D eigenvalue weighted by atomic mass is 16.3. The van der Waals surface area contributed by atoms with Crippen LogP contribution in [0.1, 0.15) is 40.5 Å². The van der Waals surface area contributed by atoms with E-state index in [1.807, 2.05) is 7.05 Å². The molecule has 0 rings (SSSR count). The zero-order valence-corrected chi connectivity index (χ0v) is 11.9. The Morgan fingerprint density at radius 2 is 1.81 bits per heavy atom. The summed E-state index contributed by atoms with van der Waals surface area (Å²) in [6.45, 7) is 10.9. The summed E-state index contributed by atoms with van der Waals surface area (Å²) in [5.41, 5.74) is 0.146. The smallest absolute Gasteiger partial charge is 0.0609 e. The molecule has 16 heavy (non-hydrogen) atoms. The van der Waals surface area contributed by atoms with Gasteiger partial charge < -0.3 is 10.4 Å². The molecule has 0 spiro atoms. The minimum atomic E-state index is -0.136. The van der Waals surface area contributed by atoms with Gasteiger partial charge in [-0.05, 0) is 39.8 Å². The molecular weight excluding hydrogens is 200 g/mol. The second-order valence-electron chi connectivity index (χ2n) is 5.92. The van der Waals surface area contributed by atoms with Gasteiger partial charge in [0.05, 0.1) is 6.61 Å². The first-order valence-corrected chi connectivity index (χ1v) is 6.28. The van der Waals surface area contributed by atoms with Gasteiger partial charge in [-0.3, -0.25) is 4.90 Å². The molecule has 0 aromatic heterocycles. The van der Waals surface area contributed by atoms with E-state index in [1.165, 1.54) is 12.8 Å². The van der Waals surface area contributed by atoms with Crippen LogP contribution in [-0.4, -0.2) is 49.3 Å². The zero-order chi connectivity index (χ0) is 12.8. The first-order valence-electron chi connectivity index (χ1n) is 6.28. The lowest BCUT2D eigenvalue weighted by molar-refractivity contribution is 0.0428. The Bertz CT molecular complexity index is 186. The monoisotopic (exact) mass is 230 g/mol. The number of nitrogens with zero attached hydrogens (tertiary/aromatic N) is 1. The molecule has 98 valence electrons. The molecule has 0 saturated carbocycles. The second-order valence-corrected chi connectivity index (χ2v) is 5.92. The lowest BCUT2D eigenvalue weighted by Gasteiger charge is -2.41. The average Bonchev–Trinajstić information content (AvgIpc) is 2.18. The van der Waals surface area contributed by atoms with Crippen LogP contribution in [0, 0.1) is 5.41 Å². The van der Waals surface area contributed by atoms with Crippen LogP contribution < -0.4 is 5.32 Å². The summed E-state index contributed by atoms with van der Waals surface area (Å²) >= 11 is 0. The van der Waals surface area contributed by atoms with E-state index in [-0.39, 0.29) is 17.6 Å². The van der Waals surface area contributed by atoms with Crippen LogP contribution in [0.15, 0.2) is 0 Å². The molecule has 0 aliphatic carbocycles. The van der Waals surface area contributed by atoms with Gasteiger partial charge in [0.15, 0.2) is 0 Å². The van der Waals surface area contributed by atoms with Crippen molar-refractivity contribution in [1.82, 2.24) is 10.2 Å². The molecule has 0 radical (unpaired) electrons. The minimum Gasteiger partial charge on any atom is -0.394 e. The summed E-state index contributed by atoms with van der Waals surface area (Å²) in [7, 11) is 4.10. The van der Waals surface area contributed by atoms with E-state index in [1.54, 1.807) is 0 Å². The molecule has 1 atom stereocenters. The summed E-state index contributed by atoms with van der Waals surface area (Å²) in [6, 6.07) is 0. The Morgan fingerprint density at radius 3 is 2.19 bits per heavy atom. The van der Waals surface area contributed by atoms with Gasteiger partial charge in [0.25, 0.3) is 0 Å². The Balaban J connectivity index is 4.50. The van der Waals surface area contributed by atoms with Crippen molar-refractivity contribution in [2.24, 2.45) is 5.41 Å². The first-order chi connectivity index (χ1) is 7.31. The molecule has 0 saturated heterocycles. The third kappa shape index (κ3) is 4.81. The highest BCUT2D eigenvalue weighted by Gasteiger charge is 2.30. The molecule has 3 heteroatoms. The maximum Gasteiger partial charge on any atom is 0.0609 e. The Morgan fingerprint density at radius 1 is 1.25 bits per heavy atom. The average molecular weight is 230 g/mol. The second kappa shape index (κ2) is 6.58. The molecule has 0 bridgehead atoms. The number of nitrogens with one attached hydrogen (secondary N) is 1. The molecule has 0 fully saturated rings. The number of rotatable bonds is 8. The van der Waals surface area contributed by atoms with Crippen molar-refractivity contribution in [1.29, 1.82) is 0 Å². The number of hydrogen-bond donors (Lipinski definition) is 2. The summed E-state index contributed by atoms with van der Waals surface area (Å²) in [5.74, 6) is 0. The molecule has 0 amide bonds. The first kappa shape index (κ1) is 15.9. The fourth-order valence-corrected chi connectivity index (χ4v) is 2.16. The highest BCUT2D eigenvalue weighted by Crippen LogP contribution is 2.26. The highest BCUT2D eigenvalue weighted by molar-refractivity contribution is 4.85. The van der Waals surface area contributed by atoms with Gasteiger partial charge in [-0.25, -0.2) is 0 Å². The van der Waals surface area contributed by atoms with Gasteiger partial charge in [0.1, 0.15) is 0 Å². The standard InChI is InChI=1S/C13H30N2O/c1-7-8-13(4,9-14-5)10-15(6)12(2,3)11-16/h14,16H,7-11H2,1-6H3. The molecule has 0 aliphatic rings. The maximum absolute atomic E-state index is 9.36. The third-order valence-corrected chi connectivity index (χ3v) is 3.50. The van der Waals surface area contributed by atoms with Crippen molar-refractivity contribution in [3.63, 3.8) is 0 Å². The molecule has 1 unspecified atom stereocenters. The lowest BCUT2D eigenvalue weighted by Crippen LogP contribution is -2.50. The van der Waals surface area contributed by atoms with Crippen LogP contribution in [-0.2, 0) is 0 Å². The van der Waals surface area contributed by atoms with E-state index in [2.05, 4.69) is 45.0 Å². The number of hydrogen-bond acceptors (Lipinski definition) is 3. The summed E-state index contributed by atoms with van der Waals surface area (Å²) in [6.07, 6.45) is 2.41. The minimum absolute atomic E-state index is 0.136. The summed E-state index contributed by atoms with van der Waals surface area (Å²) < 4.78 is 0. The van der Waals surface area contributed by atoms with Gasteiger partial charge in [-0.2, -0.15) is 0 Å². The molecule has 0 heterocycles.